The van der Waals surface area contributed by atoms with E-state index in [0.717, 1.165) is 25.9 Å². The van der Waals surface area contributed by atoms with Crippen LogP contribution >= 0.6 is 0 Å². The van der Waals surface area contributed by atoms with Crippen molar-refractivity contribution < 1.29 is 9.53 Å². The van der Waals surface area contributed by atoms with Crippen molar-refractivity contribution in [2.75, 3.05) is 13.2 Å². The zero-order valence-electron chi connectivity index (χ0n) is 10.3. The molecule has 0 N–H and O–H groups in total. The number of carbonyl (C=O) groups is 1. The largest absolute Gasteiger partial charge is 0.377 e. The summed E-state index contributed by atoms with van der Waals surface area (Å²) >= 11 is 0. The molecule has 0 aliphatic heterocycles. The molecule has 0 saturated carbocycles. The van der Waals surface area contributed by atoms with Gasteiger partial charge in [0.1, 0.15) is 5.78 Å². The number of rotatable bonds is 9. The Balaban J connectivity index is 3.51. The molecule has 0 spiro atoms. The first kappa shape index (κ1) is 14.4. The van der Waals surface area contributed by atoms with Crippen molar-refractivity contribution in [1.29, 1.82) is 0 Å². The minimum absolute atomic E-state index is 0.151. The summed E-state index contributed by atoms with van der Waals surface area (Å²) in [4.78, 5) is 11.7. The summed E-state index contributed by atoms with van der Waals surface area (Å²) in [5, 5.41) is 0. The maximum absolute atomic E-state index is 11.7. The van der Waals surface area contributed by atoms with Crippen molar-refractivity contribution in [2.24, 2.45) is 5.41 Å². The standard InChI is InChI=1S/C13H24O2/c1-5-10-15-11-8-7-9-12(14)13(3,4)6-2/h5H,1,6-11H2,2-4H3. The van der Waals surface area contributed by atoms with Gasteiger partial charge in [0, 0.05) is 18.4 Å². The molecule has 15 heavy (non-hydrogen) atoms. The predicted molar refractivity (Wildman–Crippen MR) is 63.9 cm³/mol. The van der Waals surface area contributed by atoms with E-state index >= 15 is 0 Å². The third-order valence-corrected chi connectivity index (χ3v) is 2.82. The molecule has 0 fully saturated rings. The molecular formula is C13H24O2. The Morgan fingerprint density at radius 3 is 2.60 bits per heavy atom. The van der Waals surface area contributed by atoms with E-state index in [-0.39, 0.29) is 5.41 Å². The normalized spacial score (nSPS) is 11.4. The van der Waals surface area contributed by atoms with Crippen LogP contribution in [0.4, 0.5) is 0 Å². The molecule has 0 amide bonds. The monoisotopic (exact) mass is 212 g/mol. The minimum Gasteiger partial charge on any atom is -0.377 e. The van der Waals surface area contributed by atoms with Gasteiger partial charge in [-0.1, -0.05) is 26.8 Å². The van der Waals surface area contributed by atoms with Crippen molar-refractivity contribution in [3.63, 3.8) is 0 Å². The molecule has 0 rings (SSSR count). The smallest absolute Gasteiger partial charge is 0.138 e. The molecule has 0 bridgehead atoms. The van der Waals surface area contributed by atoms with E-state index in [4.69, 9.17) is 4.74 Å². The lowest BCUT2D eigenvalue weighted by molar-refractivity contribution is -0.127. The van der Waals surface area contributed by atoms with Crippen LogP contribution in [0.3, 0.4) is 0 Å². The van der Waals surface area contributed by atoms with Gasteiger partial charge in [-0.05, 0) is 19.3 Å². The number of ketones is 1. The first-order valence-electron chi connectivity index (χ1n) is 5.76. The molecule has 0 aliphatic rings. The van der Waals surface area contributed by atoms with Crippen LogP contribution in [-0.4, -0.2) is 19.0 Å². The lowest BCUT2D eigenvalue weighted by Crippen LogP contribution is -2.22. The number of ether oxygens (including phenoxy) is 1. The van der Waals surface area contributed by atoms with Crippen LogP contribution in [0.25, 0.3) is 0 Å². The highest BCUT2D eigenvalue weighted by molar-refractivity contribution is 5.83. The van der Waals surface area contributed by atoms with Gasteiger partial charge in [-0.25, -0.2) is 0 Å². The summed E-state index contributed by atoms with van der Waals surface area (Å²) in [5.74, 6) is 0.369. The van der Waals surface area contributed by atoms with Gasteiger partial charge in [0.25, 0.3) is 0 Å². The fourth-order valence-corrected chi connectivity index (χ4v) is 1.19. The number of Topliss-reactive ketones (excluding diaryl/α,β-unsaturated/α-hetero) is 1. The van der Waals surface area contributed by atoms with Gasteiger partial charge in [-0.3, -0.25) is 4.79 Å². The van der Waals surface area contributed by atoms with Gasteiger partial charge in [-0.2, -0.15) is 0 Å². The lowest BCUT2D eigenvalue weighted by Gasteiger charge is -2.20. The number of unbranched alkanes of at least 4 members (excludes halogenated alkanes) is 1. The van der Waals surface area contributed by atoms with Crippen molar-refractivity contribution in [2.45, 2.75) is 46.5 Å². The fraction of sp³-hybridized carbons (Fsp3) is 0.769. The molecule has 0 aromatic heterocycles. The van der Waals surface area contributed by atoms with Gasteiger partial charge in [0.15, 0.2) is 0 Å². The van der Waals surface area contributed by atoms with Crippen molar-refractivity contribution in [1.82, 2.24) is 0 Å². The second kappa shape index (κ2) is 7.63. The van der Waals surface area contributed by atoms with E-state index in [0.29, 0.717) is 18.8 Å². The van der Waals surface area contributed by atoms with Gasteiger partial charge in [0.2, 0.25) is 0 Å². The zero-order chi connectivity index (χ0) is 11.7. The van der Waals surface area contributed by atoms with E-state index in [1.165, 1.54) is 0 Å². The Morgan fingerprint density at radius 1 is 1.40 bits per heavy atom. The third-order valence-electron chi connectivity index (χ3n) is 2.82. The first-order chi connectivity index (χ1) is 7.04. The lowest BCUT2D eigenvalue weighted by atomic mass is 9.83. The molecule has 2 heteroatoms. The van der Waals surface area contributed by atoms with E-state index in [9.17, 15) is 4.79 Å². The highest BCUT2D eigenvalue weighted by atomic mass is 16.5. The van der Waals surface area contributed by atoms with E-state index in [2.05, 4.69) is 13.5 Å². The topological polar surface area (TPSA) is 26.3 Å². The Hall–Kier alpha value is -0.630. The summed E-state index contributed by atoms with van der Waals surface area (Å²) in [5.41, 5.74) is -0.151. The zero-order valence-corrected chi connectivity index (χ0v) is 10.3. The summed E-state index contributed by atoms with van der Waals surface area (Å²) in [6.07, 6.45) is 5.22. The molecule has 0 saturated heterocycles. The Bertz CT molecular complexity index is 195. The van der Waals surface area contributed by atoms with E-state index < -0.39 is 0 Å². The fourth-order valence-electron chi connectivity index (χ4n) is 1.19. The van der Waals surface area contributed by atoms with Crippen LogP contribution in [0.15, 0.2) is 12.7 Å². The SMILES string of the molecule is C=CCOCCCCC(=O)C(C)(C)CC. The van der Waals surface area contributed by atoms with Crippen LogP contribution in [0.2, 0.25) is 0 Å². The molecule has 0 aromatic carbocycles. The average Bonchev–Trinajstić information content (AvgIpc) is 2.22. The Labute approximate surface area is 93.7 Å². The van der Waals surface area contributed by atoms with Gasteiger partial charge in [0.05, 0.1) is 6.61 Å². The van der Waals surface area contributed by atoms with Gasteiger partial charge in [-0.15, -0.1) is 6.58 Å². The van der Waals surface area contributed by atoms with Gasteiger partial charge < -0.3 is 4.74 Å². The maximum atomic E-state index is 11.7. The number of hydrogen-bond donors (Lipinski definition) is 0. The maximum Gasteiger partial charge on any atom is 0.138 e. The summed E-state index contributed by atoms with van der Waals surface area (Å²) in [6.45, 7) is 11.0. The second-order valence-corrected chi connectivity index (χ2v) is 4.48. The molecular weight excluding hydrogens is 188 g/mol. The molecule has 0 unspecified atom stereocenters. The molecule has 2 nitrogen and oxygen atoms in total. The van der Waals surface area contributed by atoms with Crippen LogP contribution in [0, 0.1) is 5.41 Å². The van der Waals surface area contributed by atoms with Crippen LogP contribution in [-0.2, 0) is 9.53 Å². The van der Waals surface area contributed by atoms with Crippen LogP contribution in [0.5, 0.6) is 0 Å². The van der Waals surface area contributed by atoms with E-state index in [1.807, 2.05) is 13.8 Å². The summed E-state index contributed by atoms with van der Waals surface area (Å²) < 4.78 is 5.25. The molecule has 0 radical (unpaired) electrons. The highest BCUT2D eigenvalue weighted by Crippen LogP contribution is 2.23. The third kappa shape index (κ3) is 6.45. The second-order valence-electron chi connectivity index (χ2n) is 4.48. The van der Waals surface area contributed by atoms with Gasteiger partial charge >= 0.3 is 0 Å². The Morgan fingerprint density at radius 2 is 2.07 bits per heavy atom. The first-order valence-corrected chi connectivity index (χ1v) is 5.76. The molecule has 0 atom stereocenters. The number of carbonyl (C=O) groups excluding carboxylic acids is 1. The van der Waals surface area contributed by atoms with Crippen molar-refractivity contribution in [3.05, 3.63) is 12.7 Å². The van der Waals surface area contributed by atoms with E-state index in [1.54, 1.807) is 6.08 Å². The van der Waals surface area contributed by atoms with Crippen molar-refractivity contribution in [3.8, 4) is 0 Å². The number of hydrogen-bond acceptors (Lipinski definition) is 2. The Kier molecular flexibility index (Phi) is 7.31. The van der Waals surface area contributed by atoms with Crippen LogP contribution < -0.4 is 0 Å². The summed E-state index contributed by atoms with van der Waals surface area (Å²) in [7, 11) is 0. The predicted octanol–water partition coefficient (Wildman–Crippen LogP) is 3.36. The highest BCUT2D eigenvalue weighted by Gasteiger charge is 2.23. The summed E-state index contributed by atoms with van der Waals surface area (Å²) in [6, 6.07) is 0. The molecule has 0 aliphatic carbocycles. The average molecular weight is 212 g/mol. The minimum atomic E-state index is -0.151. The molecule has 0 aromatic rings. The quantitative estimate of drug-likeness (QED) is 0.432. The van der Waals surface area contributed by atoms with Crippen LogP contribution in [0.1, 0.15) is 46.5 Å². The molecule has 88 valence electrons. The van der Waals surface area contributed by atoms with Crippen molar-refractivity contribution >= 4 is 5.78 Å². The molecule has 0 heterocycles.